The predicted molar refractivity (Wildman–Crippen MR) is 73.8 cm³/mol. The highest BCUT2D eigenvalue weighted by Gasteiger charge is 2.48. The fourth-order valence-corrected chi connectivity index (χ4v) is 5.34. The Labute approximate surface area is 117 Å². The van der Waals surface area contributed by atoms with Gasteiger partial charge in [0.2, 0.25) is 5.56 Å². The second-order valence-electron chi connectivity index (χ2n) is 6.95. The van der Waals surface area contributed by atoms with Gasteiger partial charge in [0.05, 0.1) is 0 Å². The van der Waals surface area contributed by atoms with Gasteiger partial charge in [-0.05, 0) is 73.3 Å². The molecule has 0 unspecified atom stereocenters. The van der Waals surface area contributed by atoms with E-state index >= 15 is 0 Å². The van der Waals surface area contributed by atoms with E-state index in [1.54, 1.807) is 12.1 Å². The van der Waals surface area contributed by atoms with Crippen LogP contribution in [0.4, 0.5) is 0 Å². The normalized spacial score (nSPS) is 38.1. The standard InChI is InChI=1S/C16H19NO3/c18-14-7-12(6-13(17-14)16(19)20)15-10-2-8-1-9(4-10)5-11(15)3-8/h6-11,15H,1-5H2,(H,17,18)(H,19,20). The highest BCUT2D eigenvalue weighted by atomic mass is 16.4. The average molecular weight is 273 g/mol. The van der Waals surface area contributed by atoms with E-state index < -0.39 is 5.97 Å². The van der Waals surface area contributed by atoms with Crippen molar-refractivity contribution in [1.82, 2.24) is 4.98 Å². The molecule has 5 rings (SSSR count). The molecule has 0 saturated heterocycles. The molecule has 4 aliphatic carbocycles. The Kier molecular flexibility index (Phi) is 2.56. The number of carboxylic acid groups (broad SMARTS) is 1. The van der Waals surface area contributed by atoms with Crippen molar-refractivity contribution in [2.75, 3.05) is 0 Å². The smallest absolute Gasteiger partial charge is 0.352 e. The molecule has 4 saturated carbocycles. The number of aromatic carboxylic acids is 1. The molecule has 20 heavy (non-hydrogen) atoms. The molecule has 1 heterocycles. The molecular weight excluding hydrogens is 254 g/mol. The zero-order valence-electron chi connectivity index (χ0n) is 11.3. The van der Waals surface area contributed by atoms with Crippen molar-refractivity contribution in [1.29, 1.82) is 0 Å². The van der Waals surface area contributed by atoms with Gasteiger partial charge in [-0.3, -0.25) is 4.79 Å². The summed E-state index contributed by atoms with van der Waals surface area (Å²) < 4.78 is 0. The summed E-state index contributed by atoms with van der Waals surface area (Å²) in [5, 5.41) is 9.11. The lowest BCUT2D eigenvalue weighted by Crippen LogP contribution is -2.44. The van der Waals surface area contributed by atoms with Gasteiger partial charge in [-0.1, -0.05) is 0 Å². The van der Waals surface area contributed by atoms with Crippen LogP contribution in [-0.4, -0.2) is 16.1 Å². The van der Waals surface area contributed by atoms with E-state index in [0.717, 1.165) is 17.4 Å². The Balaban J connectivity index is 1.74. The van der Waals surface area contributed by atoms with Crippen molar-refractivity contribution in [3.8, 4) is 0 Å². The first-order chi connectivity index (χ1) is 9.60. The molecule has 0 aromatic carbocycles. The van der Waals surface area contributed by atoms with E-state index in [1.165, 1.54) is 32.1 Å². The number of hydrogen-bond donors (Lipinski definition) is 2. The molecule has 4 bridgehead atoms. The first-order valence-electron chi connectivity index (χ1n) is 7.57. The van der Waals surface area contributed by atoms with Gasteiger partial charge in [0.1, 0.15) is 5.69 Å². The van der Waals surface area contributed by atoms with Crippen LogP contribution in [0.25, 0.3) is 0 Å². The zero-order chi connectivity index (χ0) is 13.9. The second kappa shape index (κ2) is 4.21. The van der Waals surface area contributed by atoms with Gasteiger partial charge in [0.15, 0.2) is 0 Å². The summed E-state index contributed by atoms with van der Waals surface area (Å²) in [5.41, 5.74) is 0.704. The Bertz CT molecular complexity index is 590. The minimum atomic E-state index is -1.05. The number of aromatic amines is 1. The summed E-state index contributed by atoms with van der Waals surface area (Å²) in [6.07, 6.45) is 6.48. The predicted octanol–water partition coefficient (Wildman–Crippen LogP) is 2.61. The lowest BCUT2D eigenvalue weighted by atomic mass is 9.51. The van der Waals surface area contributed by atoms with Crippen LogP contribution in [0.3, 0.4) is 0 Å². The van der Waals surface area contributed by atoms with Crippen LogP contribution >= 0.6 is 0 Å². The molecule has 0 amide bonds. The molecule has 0 spiro atoms. The Hall–Kier alpha value is -1.58. The number of pyridine rings is 1. The third-order valence-corrected chi connectivity index (χ3v) is 5.71. The molecule has 106 valence electrons. The number of carbonyl (C=O) groups is 1. The molecule has 2 N–H and O–H groups in total. The third kappa shape index (κ3) is 1.81. The summed E-state index contributed by atoms with van der Waals surface area (Å²) in [6.45, 7) is 0. The van der Waals surface area contributed by atoms with E-state index in [0.29, 0.717) is 17.8 Å². The van der Waals surface area contributed by atoms with Crippen LogP contribution < -0.4 is 5.56 Å². The molecule has 4 heteroatoms. The Morgan fingerprint density at radius 1 is 1.05 bits per heavy atom. The van der Waals surface area contributed by atoms with Gasteiger partial charge in [0.25, 0.3) is 0 Å². The van der Waals surface area contributed by atoms with Crippen LogP contribution in [0.2, 0.25) is 0 Å². The van der Waals surface area contributed by atoms with Crippen molar-refractivity contribution < 1.29 is 9.90 Å². The fourth-order valence-electron chi connectivity index (χ4n) is 5.34. The van der Waals surface area contributed by atoms with E-state index in [2.05, 4.69) is 4.98 Å². The molecule has 4 aliphatic rings. The van der Waals surface area contributed by atoms with Gasteiger partial charge >= 0.3 is 5.97 Å². The lowest BCUT2D eigenvalue weighted by Gasteiger charge is -2.54. The van der Waals surface area contributed by atoms with Gasteiger partial charge in [0, 0.05) is 6.07 Å². The lowest BCUT2D eigenvalue weighted by molar-refractivity contribution is -0.00287. The fraction of sp³-hybridized carbons (Fsp3) is 0.625. The van der Waals surface area contributed by atoms with Crippen LogP contribution in [0.5, 0.6) is 0 Å². The molecule has 0 aliphatic heterocycles. The highest BCUT2D eigenvalue weighted by Crippen LogP contribution is 2.59. The van der Waals surface area contributed by atoms with Crippen LogP contribution in [0.1, 0.15) is 54.1 Å². The second-order valence-corrected chi connectivity index (χ2v) is 6.95. The van der Waals surface area contributed by atoms with Crippen molar-refractivity contribution >= 4 is 5.97 Å². The quantitative estimate of drug-likeness (QED) is 0.870. The Morgan fingerprint density at radius 2 is 1.65 bits per heavy atom. The van der Waals surface area contributed by atoms with E-state index in [4.69, 9.17) is 5.11 Å². The Morgan fingerprint density at radius 3 is 2.20 bits per heavy atom. The van der Waals surface area contributed by atoms with Gasteiger partial charge in [-0.25, -0.2) is 4.79 Å². The molecular formula is C16H19NO3. The third-order valence-electron chi connectivity index (χ3n) is 5.71. The number of nitrogens with one attached hydrogen (secondary N) is 1. The summed E-state index contributed by atoms with van der Waals surface area (Å²) in [5.74, 6) is 2.45. The first kappa shape index (κ1) is 12.2. The van der Waals surface area contributed by atoms with Crippen molar-refractivity contribution in [2.24, 2.45) is 23.7 Å². The SMILES string of the molecule is O=C(O)c1cc(C2C3CC4CC(C3)CC2C4)cc(=O)[nH]1. The van der Waals surface area contributed by atoms with Crippen molar-refractivity contribution in [3.05, 3.63) is 33.7 Å². The monoisotopic (exact) mass is 273 g/mol. The van der Waals surface area contributed by atoms with E-state index in [9.17, 15) is 9.59 Å². The molecule has 4 fully saturated rings. The zero-order valence-corrected chi connectivity index (χ0v) is 11.3. The molecule has 1 aromatic heterocycles. The molecule has 1 aromatic rings. The van der Waals surface area contributed by atoms with Crippen LogP contribution in [0, 0.1) is 23.7 Å². The number of rotatable bonds is 2. The maximum Gasteiger partial charge on any atom is 0.352 e. The van der Waals surface area contributed by atoms with Crippen LogP contribution in [-0.2, 0) is 0 Å². The van der Waals surface area contributed by atoms with Gasteiger partial charge < -0.3 is 10.1 Å². The number of H-pyrrole nitrogens is 1. The number of aromatic nitrogens is 1. The summed E-state index contributed by atoms with van der Waals surface area (Å²) in [4.78, 5) is 25.3. The minimum Gasteiger partial charge on any atom is -0.477 e. The average Bonchev–Trinajstić information content (AvgIpc) is 2.36. The first-order valence-corrected chi connectivity index (χ1v) is 7.57. The van der Waals surface area contributed by atoms with Crippen LogP contribution in [0.15, 0.2) is 16.9 Å². The van der Waals surface area contributed by atoms with E-state index in [1.807, 2.05) is 0 Å². The maximum absolute atomic E-state index is 11.7. The number of carboxylic acids is 1. The highest BCUT2D eigenvalue weighted by molar-refractivity contribution is 5.85. The van der Waals surface area contributed by atoms with E-state index in [-0.39, 0.29) is 11.3 Å². The molecule has 0 radical (unpaired) electrons. The van der Waals surface area contributed by atoms with Gasteiger partial charge in [-0.2, -0.15) is 0 Å². The summed E-state index contributed by atoms with van der Waals surface area (Å²) in [6, 6.07) is 3.32. The van der Waals surface area contributed by atoms with Gasteiger partial charge in [-0.15, -0.1) is 0 Å². The van der Waals surface area contributed by atoms with Crippen molar-refractivity contribution in [2.45, 2.75) is 38.0 Å². The van der Waals surface area contributed by atoms with Crippen molar-refractivity contribution in [3.63, 3.8) is 0 Å². The molecule has 0 atom stereocenters. The summed E-state index contributed by atoms with van der Waals surface area (Å²) >= 11 is 0. The summed E-state index contributed by atoms with van der Waals surface area (Å²) in [7, 11) is 0. The number of hydrogen-bond acceptors (Lipinski definition) is 2. The minimum absolute atomic E-state index is 0.0290. The topological polar surface area (TPSA) is 70.2 Å². The maximum atomic E-state index is 11.7. The largest absolute Gasteiger partial charge is 0.477 e. The molecule has 4 nitrogen and oxygen atoms in total.